The van der Waals surface area contributed by atoms with Crippen LogP contribution in [0, 0.1) is 0 Å². The molecule has 0 saturated carbocycles. The van der Waals surface area contributed by atoms with E-state index in [1.165, 1.54) is 0 Å². The van der Waals surface area contributed by atoms with Crippen LogP contribution in [0.15, 0.2) is 24.3 Å². The highest BCUT2D eigenvalue weighted by Crippen LogP contribution is 2.20. The summed E-state index contributed by atoms with van der Waals surface area (Å²) in [6, 6.07) is 8.11. The third kappa shape index (κ3) is 3.71. The Hall–Kier alpha value is -1.06. The molecule has 104 valence electrons. The Bertz CT molecular complexity index is 436. The SMILES string of the molecule is CNC[C@H]1CCCN1C(=O)CCc1ccccc1Cl. The highest BCUT2D eigenvalue weighted by Gasteiger charge is 2.27. The molecule has 1 aliphatic heterocycles. The molecule has 1 aromatic rings. The molecule has 4 heteroatoms. The molecule has 1 aliphatic rings. The van der Waals surface area contributed by atoms with E-state index in [4.69, 9.17) is 11.6 Å². The van der Waals surface area contributed by atoms with Crippen LogP contribution < -0.4 is 5.32 Å². The summed E-state index contributed by atoms with van der Waals surface area (Å²) in [6.45, 7) is 1.78. The van der Waals surface area contributed by atoms with Crippen LogP contribution in [0.25, 0.3) is 0 Å². The van der Waals surface area contributed by atoms with Gasteiger partial charge in [-0.25, -0.2) is 0 Å². The third-order valence-corrected chi connectivity index (χ3v) is 4.07. The Labute approximate surface area is 119 Å². The molecule has 1 heterocycles. The summed E-state index contributed by atoms with van der Waals surface area (Å²) >= 11 is 6.11. The number of carbonyl (C=O) groups is 1. The minimum atomic E-state index is 0.248. The lowest BCUT2D eigenvalue weighted by atomic mass is 10.1. The van der Waals surface area contributed by atoms with Crippen LogP contribution >= 0.6 is 11.6 Å². The van der Waals surface area contributed by atoms with Crippen LogP contribution in [-0.4, -0.2) is 37.0 Å². The molecule has 19 heavy (non-hydrogen) atoms. The fourth-order valence-corrected chi connectivity index (χ4v) is 2.93. The van der Waals surface area contributed by atoms with Crippen LogP contribution in [0.2, 0.25) is 5.02 Å². The lowest BCUT2D eigenvalue weighted by molar-refractivity contribution is -0.131. The van der Waals surface area contributed by atoms with E-state index in [1.807, 2.05) is 36.2 Å². The molecule has 0 spiro atoms. The molecule has 2 rings (SSSR count). The Kier molecular flexibility index (Phi) is 5.23. The van der Waals surface area contributed by atoms with E-state index in [1.54, 1.807) is 0 Å². The molecule has 1 amide bonds. The van der Waals surface area contributed by atoms with Crippen LogP contribution in [-0.2, 0) is 11.2 Å². The first-order chi connectivity index (χ1) is 9.22. The van der Waals surface area contributed by atoms with Gasteiger partial charge in [-0.3, -0.25) is 4.79 Å². The number of benzene rings is 1. The molecule has 0 unspecified atom stereocenters. The summed E-state index contributed by atoms with van der Waals surface area (Å²) in [5.74, 6) is 0.248. The second-order valence-corrected chi connectivity index (χ2v) is 5.44. The van der Waals surface area contributed by atoms with Gasteiger partial charge in [0.2, 0.25) is 5.91 Å². The number of nitrogens with zero attached hydrogens (tertiary/aromatic N) is 1. The van der Waals surface area contributed by atoms with Crippen molar-refractivity contribution in [1.82, 2.24) is 10.2 Å². The Morgan fingerprint density at radius 2 is 2.26 bits per heavy atom. The van der Waals surface area contributed by atoms with Gasteiger partial charge in [0.05, 0.1) is 0 Å². The lowest BCUT2D eigenvalue weighted by Gasteiger charge is -2.24. The van der Waals surface area contributed by atoms with Crippen molar-refractivity contribution in [1.29, 1.82) is 0 Å². The van der Waals surface area contributed by atoms with Gasteiger partial charge in [-0.05, 0) is 37.9 Å². The molecule has 1 fully saturated rings. The normalized spacial score (nSPS) is 18.8. The van der Waals surface area contributed by atoms with Crippen molar-refractivity contribution in [2.24, 2.45) is 0 Å². The molecule has 0 aromatic heterocycles. The number of aryl methyl sites for hydroxylation is 1. The lowest BCUT2D eigenvalue weighted by Crippen LogP contribution is -2.40. The molecular formula is C15H21ClN2O. The molecular weight excluding hydrogens is 260 g/mol. The van der Waals surface area contributed by atoms with Gasteiger partial charge in [0.25, 0.3) is 0 Å². The van der Waals surface area contributed by atoms with Crippen LogP contribution in [0.4, 0.5) is 0 Å². The molecule has 0 radical (unpaired) electrons. The molecule has 0 bridgehead atoms. The third-order valence-electron chi connectivity index (χ3n) is 3.70. The fourth-order valence-electron chi connectivity index (χ4n) is 2.70. The van der Waals surface area contributed by atoms with Crippen LogP contribution in [0.5, 0.6) is 0 Å². The zero-order chi connectivity index (χ0) is 13.7. The van der Waals surface area contributed by atoms with Crippen molar-refractivity contribution in [3.63, 3.8) is 0 Å². The van der Waals surface area contributed by atoms with Crippen LogP contribution in [0.3, 0.4) is 0 Å². The van der Waals surface area contributed by atoms with Crippen molar-refractivity contribution in [2.45, 2.75) is 31.7 Å². The molecule has 1 aromatic carbocycles. The molecule has 1 atom stereocenters. The second-order valence-electron chi connectivity index (χ2n) is 5.03. The highest BCUT2D eigenvalue weighted by atomic mass is 35.5. The molecule has 0 aliphatic carbocycles. The fraction of sp³-hybridized carbons (Fsp3) is 0.533. The van der Waals surface area contributed by atoms with E-state index in [0.29, 0.717) is 12.5 Å². The van der Waals surface area contributed by atoms with E-state index in [0.717, 1.165) is 42.9 Å². The minimum Gasteiger partial charge on any atom is -0.338 e. The first kappa shape index (κ1) is 14.4. The number of halogens is 1. The number of hydrogen-bond acceptors (Lipinski definition) is 2. The highest BCUT2D eigenvalue weighted by molar-refractivity contribution is 6.31. The number of nitrogens with one attached hydrogen (secondary N) is 1. The van der Waals surface area contributed by atoms with Gasteiger partial charge in [0.15, 0.2) is 0 Å². The number of likely N-dealkylation sites (tertiary alicyclic amines) is 1. The number of amides is 1. The zero-order valence-corrected chi connectivity index (χ0v) is 12.1. The van der Waals surface area contributed by atoms with Gasteiger partial charge in [-0.15, -0.1) is 0 Å². The monoisotopic (exact) mass is 280 g/mol. The predicted octanol–water partition coefficient (Wildman–Crippen LogP) is 2.48. The average Bonchev–Trinajstić information content (AvgIpc) is 2.86. The van der Waals surface area contributed by atoms with Gasteiger partial charge in [-0.1, -0.05) is 29.8 Å². The van der Waals surface area contributed by atoms with Crippen LogP contribution in [0.1, 0.15) is 24.8 Å². The Morgan fingerprint density at radius 3 is 3.00 bits per heavy atom. The zero-order valence-electron chi connectivity index (χ0n) is 11.4. The van der Waals surface area contributed by atoms with Crippen molar-refractivity contribution < 1.29 is 4.79 Å². The summed E-state index contributed by atoms with van der Waals surface area (Å²) in [5, 5.41) is 3.92. The van der Waals surface area contributed by atoms with Gasteiger partial charge in [0, 0.05) is 30.6 Å². The maximum Gasteiger partial charge on any atom is 0.223 e. The smallest absolute Gasteiger partial charge is 0.223 e. The standard InChI is InChI=1S/C15H21ClN2O/c1-17-11-13-6-4-10-18(13)15(19)9-8-12-5-2-3-7-14(12)16/h2-3,5,7,13,17H,4,6,8-11H2,1H3/t13-/m1/s1. The predicted molar refractivity (Wildman–Crippen MR) is 78.4 cm³/mol. The summed E-state index contributed by atoms with van der Waals surface area (Å²) in [7, 11) is 1.94. The second kappa shape index (κ2) is 6.92. The maximum atomic E-state index is 12.3. The van der Waals surface area contributed by atoms with E-state index in [-0.39, 0.29) is 5.91 Å². The first-order valence-corrected chi connectivity index (χ1v) is 7.27. The summed E-state index contributed by atoms with van der Waals surface area (Å²) in [4.78, 5) is 14.3. The van der Waals surface area contributed by atoms with Gasteiger partial charge >= 0.3 is 0 Å². The Balaban J connectivity index is 1.89. The van der Waals surface area contributed by atoms with E-state index in [2.05, 4.69) is 5.32 Å². The average molecular weight is 281 g/mol. The summed E-state index contributed by atoms with van der Waals surface area (Å²) in [5.41, 5.74) is 1.06. The van der Waals surface area contributed by atoms with Crippen molar-refractivity contribution in [2.75, 3.05) is 20.1 Å². The topological polar surface area (TPSA) is 32.3 Å². The van der Waals surface area contributed by atoms with Gasteiger partial charge in [-0.2, -0.15) is 0 Å². The number of rotatable bonds is 5. The van der Waals surface area contributed by atoms with Crippen molar-refractivity contribution in [3.8, 4) is 0 Å². The van der Waals surface area contributed by atoms with E-state index >= 15 is 0 Å². The van der Waals surface area contributed by atoms with E-state index < -0.39 is 0 Å². The van der Waals surface area contributed by atoms with Gasteiger partial charge in [0.1, 0.15) is 0 Å². The number of carbonyl (C=O) groups excluding carboxylic acids is 1. The molecule has 1 saturated heterocycles. The summed E-state index contributed by atoms with van der Waals surface area (Å²) in [6.07, 6.45) is 3.49. The van der Waals surface area contributed by atoms with E-state index in [9.17, 15) is 4.79 Å². The van der Waals surface area contributed by atoms with Crippen molar-refractivity contribution in [3.05, 3.63) is 34.9 Å². The quantitative estimate of drug-likeness (QED) is 0.899. The molecule has 3 nitrogen and oxygen atoms in total. The summed E-state index contributed by atoms with van der Waals surface area (Å²) < 4.78 is 0. The minimum absolute atomic E-state index is 0.248. The maximum absolute atomic E-state index is 12.3. The first-order valence-electron chi connectivity index (χ1n) is 6.90. The van der Waals surface area contributed by atoms with Crippen molar-refractivity contribution >= 4 is 17.5 Å². The van der Waals surface area contributed by atoms with Gasteiger partial charge < -0.3 is 10.2 Å². The Morgan fingerprint density at radius 1 is 1.47 bits per heavy atom. The number of hydrogen-bond donors (Lipinski definition) is 1. The molecule has 1 N–H and O–H groups in total. The largest absolute Gasteiger partial charge is 0.338 e. The number of likely N-dealkylation sites (N-methyl/N-ethyl adjacent to an activating group) is 1.